The average Bonchev–Trinajstić information content (AvgIpc) is 2.36. The van der Waals surface area contributed by atoms with Gasteiger partial charge in [0, 0.05) is 0 Å². The van der Waals surface area contributed by atoms with Crippen LogP contribution in [0.2, 0.25) is 58.9 Å². The van der Waals surface area contributed by atoms with Crippen LogP contribution in [0.15, 0.2) is 0 Å². The number of cyclic esters (lactones) is 1. The highest BCUT2D eigenvalue weighted by molar-refractivity contribution is 6.70. The lowest BCUT2D eigenvalue weighted by Crippen LogP contribution is -2.64. The molecule has 7 nitrogen and oxygen atoms in total. The second kappa shape index (κ2) is 8.30. The molecule has 4 atom stereocenters. The maximum atomic E-state index is 12.4. The molecular formula is C15H35NO6Si3. The molecule has 0 spiro atoms. The maximum Gasteiger partial charge on any atom is 0.340 e. The Balaban J connectivity index is 3.14. The van der Waals surface area contributed by atoms with Crippen LogP contribution in [-0.2, 0) is 27.6 Å². The molecule has 148 valence electrons. The van der Waals surface area contributed by atoms with Gasteiger partial charge in [0.1, 0.15) is 12.2 Å². The minimum absolute atomic E-state index is 0.291. The normalized spacial score (nSPS) is 28.8. The summed E-state index contributed by atoms with van der Waals surface area (Å²) >= 11 is 0. The van der Waals surface area contributed by atoms with Crippen LogP contribution in [0.3, 0.4) is 0 Å². The summed E-state index contributed by atoms with van der Waals surface area (Å²) in [7, 11) is -5.69. The molecule has 2 N–H and O–H groups in total. The molecule has 0 amide bonds. The standard InChI is InChI=1S/C15H35NO6Si3/c1-23(2,3)18-10-11-12(21-24(4,5)6)13(22-25(7,8)9)14(20-16)15(17)19-11/h11-14H,10,16H2,1-9H3/t11-,12-,13+,14-/m1/s1. The Morgan fingerprint density at radius 3 is 1.76 bits per heavy atom. The van der Waals surface area contributed by atoms with Crippen molar-refractivity contribution in [2.45, 2.75) is 83.3 Å². The van der Waals surface area contributed by atoms with Crippen molar-refractivity contribution in [1.82, 2.24) is 0 Å². The van der Waals surface area contributed by atoms with E-state index in [1.54, 1.807) is 0 Å². The number of nitrogens with two attached hydrogens (primary N) is 1. The molecule has 0 bridgehead atoms. The van der Waals surface area contributed by atoms with E-state index in [1.165, 1.54) is 0 Å². The predicted molar refractivity (Wildman–Crippen MR) is 105 cm³/mol. The summed E-state index contributed by atoms with van der Waals surface area (Å²) < 4.78 is 24.2. The second-order valence-electron chi connectivity index (χ2n) is 9.35. The third-order valence-corrected chi connectivity index (χ3v) is 6.29. The van der Waals surface area contributed by atoms with Crippen LogP contribution >= 0.6 is 0 Å². The highest BCUT2D eigenvalue weighted by atomic mass is 28.4. The predicted octanol–water partition coefficient (Wildman–Crippen LogP) is 2.46. The topological polar surface area (TPSA) is 89.2 Å². The van der Waals surface area contributed by atoms with E-state index < -0.39 is 55.3 Å². The minimum Gasteiger partial charge on any atom is -0.455 e. The fourth-order valence-electron chi connectivity index (χ4n) is 2.48. The minimum atomic E-state index is -1.98. The summed E-state index contributed by atoms with van der Waals surface area (Å²) in [6.07, 6.45) is -2.57. The molecule has 1 heterocycles. The maximum absolute atomic E-state index is 12.4. The van der Waals surface area contributed by atoms with Crippen molar-refractivity contribution in [2.24, 2.45) is 5.90 Å². The Morgan fingerprint density at radius 1 is 0.880 bits per heavy atom. The highest BCUT2D eigenvalue weighted by Gasteiger charge is 2.51. The van der Waals surface area contributed by atoms with E-state index in [-0.39, 0.29) is 0 Å². The van der Waals surface area contributed by atoms with Crippen LogP contribution in [-0.4, -0.2) is 61.9 Å². The van der Waals surface area contributed by atoms with Crippen LogP contribution in [0, 0.1) is 0 Å². The van der Waals surface area contributed by atoms with Gasteiger partial charge in [0.15, 0.2) is 31.1 Å². The van der Waals surface area contributed by atoms with E-state index in [4.69, 9.17) is 28.7 Å². The smallest absolute Gasteiger partial charge is 0.340 e. The lowest BCUT2D eigenvalue weighted by molar-refractivity contribution is -0.208. The summed E-state index contributed by atoms with van der Waals surface area (Å²) in [4.78, 5) is 17.3. The molecule has 1 aliphatic heterocycles. The van der Waals surface area contributed by atoms with Crippen molar-refractivity contribution in [2.75, 3.05) is 6.61 Å². The first kappa shape index (κ1) is 23.0. The first-order valence-electron chi connectivity index (χ1n) is 8.68. The van der Waals surface area contributed by atoms with Gasteiger partial charge in [0.25, 0.3) is 0 Å². The summed E-state index contributed by atoms with van der Waals surface area (Å²) in [6, 6.07) is 0. The molecule has 0 radical (unpaired) electrons. The van der Waals surface area contributed by atoms with E-state index in [0.29, 0.717) is 6.61 Å². The number of rotatable bonds is 8. The van der Waals surface area contributed by atoms with Crippen molar-refractivity contribution in [3.8, 4) is 0 Å². The largest absolute Gasteiger partial charge is 0.455 e. The summed E-state index contributed by atoms with van der Waals surface area (Å²) in [5.74, 6) is 4.86. The van der Waals surface area contributed by atoms with E-state index >= 15 is 0 Å². The first-order valence-corrected chi connectivity index (χ1v) is 18.9. The van der Waals surface area contributed by atoms with Crippen molar-refractivity contribution in [1.29, 1.82) is 0 Å². The molecule has 1 rings (SSSR count). The first-order chi connectivity index (χ1) is 11.1. The molecule has 0 aromatic carbocycles. The number of ether oxygens (including phenoxy) is 1. The molecule has 0 aliphatic carbocycles. The van der Waals surface area contributed by atoms with Gasteiger partial charge < -0.3 is 18.0 Å². The molecule has 0 unspecified atom stereocenters. The number of hydrogen-bond acceptors (Lipinski definition) is 7. The van der Waals surface area contributed by atoms with Gasteiger partial charge >= 0.3 is 5.97 Å². The van der Waals surface area contributed by atoms with Crippen molar-refractivity contribution in [3.05, 3.63) is 0 Å². The van der Waals surface area contributed by atoms with Gasteiger partial charge in [-0.05, 0) is 58.9 Å². The van der Waals surface area contributed by atoms with Gasteiger partial charge in [-0.25, -0.2) is 10.7 Å². The Kier molecular flexibility index (Phi) is 7.62. The Morgan fingerprint density at radius 2 is 1.36 bits per heavy atom. The molecule has 25 heavy (non-hydrogen) atoms. The van der Waals surface area contributed by atoms with E-state index in [9.17, 15) is 4.79 Å². The molecule has 1 saturated heterocycles. The van der Waals surface area contributed by atoms with Crippen molar-refractivity contribution in [3.63, 3.8) is 0 Å². The monoisotopic (exact) mass is 409 g/mol. The Hall–Kier alpha value is -0.0794. The van der Waals surface area contributed by atoms with Crippen molar-refractivity contribution < 1.29 is 27.6 Å². The fourth-order valence-corrected chi connectivity index (χ4v) is 5.32. The molecule has 1 fully saturated rings. The fraction of sp³-hybridized carbons (Fsp3) is 0.933. The van der Waals surface area contributed by atoms with E-state index in [1.807, 2.05) is 0 Å². The van der Waals surface area contributed by atoms with Gasteiger partial charge in [-0.2, -0.15) is 0 Å². The Labute approximate surface area is 154 Å². The third kappa shape index (κ3) is 7.99. The van der Waals surface area contributed by atoms with Crippen LogP contribution in [0.25, 0.3) is 0 Å². The Bertz CT molecular complexity index is 458. The van der Waals surface area contributed by atoms with Gasteiger partial charge in [-0.1, -0.05) is 0 Å². The van der Waals surface area contributed by atoms with Crippen LogP contribution in [0.1, 0.15) is 0 Å². The van der Waals surface area contributed by atoms with E-state index in [2.05, 4.69) is 58.9 Å². The number of carbonyl (C=O) groups excluding carboxylic acids is 1. The van der Waals surface area contributed by atoms with Gasteiger partial charge in [-0.15, -0.1) is 0 Å². The molecule has 10 heteroatoms. The summed E-state index contributed by atoms with van der Waals surface area (Å²) in [6.45, 7) is 19.0. The van der Waals surface area contributed by atoms with Gasteiger partial charge in [0.05, 0.1) is 6.61 Å². The molecule has 0 aromatic rings. The van der Waals surface area contributed by atoms with Crippen LogP contribution in [0.4, 0.5) is 0 Å². The van der Waals surface area contributed by atoms with Crippen molar-refractivity contribution >= 4 is 30.9 Å². The SMILES string of the molecule is C[Si](C)(C)OC[C@H]1OC(=O)[C@H](ON)[C@@H](O[Si](C)(C)C)[C@@H]1O[Si](C)(C)C. The summed E-state index contributed by atoms with van der Waals surface area (Å²) in [5.41, 5.74) is 0. The van der Waals surface area contributed by atoms with Crippen LogP contribution in [0.5, 0.6) is 0 Å². The van der Waals surface area contributed by atoms with E-state index in [0.717, 1.165) is 0 Å². The highest BCUT2D eigenvalue weighted by Crippen LogP contribution is 2.29. The molecule has 0 aromatic heterocycles. The number of esters is 1. The van der Waals surface area contributed by atoms with Crippen LogP contribution < -0.4 is 5.90 Å². The number of hydrogen-bond donors (Lipinski definition) is 1. The van der Waals surface area contributed by atoms with Gasteiger partial charge in [-0.3, -0.25) is 4.84 Å². The quantitative estimate of drug-likeness (QED) is 0.374. The molecule has 1 aliphatic rings. The summed E-state index contributed by atoms with van der Waals surface area (Å²) in [5, 5.41) is 0. The zero-order valence-electron chi connectivity index (χ0n) is 17.0. The lowest BCUT2D eigenvalue weighted by atomic mass is 10.00. The number of carbonyl (C=O) groups is 1. The zero-order chi connectivity index (χ0) is 19.6. The molecular weight excluding hydrogens is 374 g/mol. The average molecular weight is 410 g/mol. The third-order valence-electron chi connectivity index (χ3n) is 3.29. The zero-order valence-corrected chi connectivity index (χ0v) is 20.0. The molecule has 0 saturated carbocycles. The van der Waals surface area contributed by atoms with Gasteiger partial charge in [0.2, 0.25) is 6.10 Å². The second-order valence-corrected chi connectivity index (χ2v) is 22.8. The lowest BCUT2D eigenvalue weighted by Gasteiger charge is -2.45.